The Kier molecular flexibility index (Phi) is 3.28. The van der Waals surface area contributed by atoms with Crippen molar-refractivity contribution in [3.8, 4) is 0 Å². The van der Waals surface area contributed by atoms with Crippen LogP contribution in [0.3, 0.4) is 0 Å². The summed E-state index contributed by atoms with van der Waals surface area (Å²) in [5, 5.41) is 23.0. The molecule has 1 aliphatic carbocycles. The van der Waals surface area contributed by atoms with Gasteiger partial charge in [-0.3, -0.25) is 0 Å². The molecule has 0 bridgehead atoms. The Balaban J connectivity index is 1.91. The second-order valence-electron chi connectivity index (χ2n) is 4.25. The molecule has 88 valence electrons. The van der Waals surface area contributed by atoms with Gasteiger partial charge in [0.05, 0.1) is 12.2 Å². The van der Waals surface area contributed by atoms with Crippen LogP contribution in [0.5, 0.6) is 0 Å². The van der Waals surface area contributed by atoms with Crippen LogP contribution in [0.2, 0.25) is 0 Å². The van der Waals surface area contributed by atoms with E-state index in [2.05, 4.69) is 5.32 Å². The third-order valence-corrected chi connectivity index (χ3v) is 4.09. The lowest BCUT2D eigenvalue weighted by atomic mass is 9.77. The first-order valence-electron chi connectivity index (χ1n) is 5.32. The second-order valence-corrected chi connectivity index (χ2v) is 5.25. The molecule has 0 spiro atoms. The maximum Gasteiger partial charge on any atom is 0.336 e. The number of hydrogen-bond acceptors (Lipinski definition) is 4. The van der Waals surface area contributed by atoms with Crippen LogP contribution < -0.4 is 5.32 Å². The van der Waals surface area contributed by atoms with Gasteiger partial charge in [-0.05, 0) is 25.3 Å². The molecule has 1 aromatic heterocycles. The predicted molar refractivity (Wildman–Crippen MR) is 61.8 cm³/mol. The number of hydrogen-bond donors (Lipinski definition) is 3. The normalized spacial score (nSPS) is 18.1. The number of aromatic carboxylic acids is 1. The van der Waals surface area contributed by atoms with E-state index < -0.39 is 5.97 Å². The highest BCUT2D eigenvalue weighted by Gasteiger charge is 2.35. The molecular weight excluding hydrogens is 226 g/mol. The highest BCUT2D eigenvalue weighted by atomic mass is 32.1. The van der Waals surface area contributed by atoms with Crippen LogP contribution in [-0.4, -0.2) is 28.3 Å². The Hall–Kier alpha value is -0.910. The minimum atomic E-state index is -0.886. The van der Waals surface area contributed by atoms with Crippen LogP contribution in [-0.2, 0) is 6.54 Å². The van der Waals surface area contributed by atoms with E-state index in [1.807, 2.05) is 0 Å². The van der Waals surface area contributed by atoms with E-state index in [1.54, 1.807) is 11.4 Å². The second kappa shape index (κ2) is 4.53. The van der Waals surface area contributed by atoms with E-state index in [9.17, 15) is 9.90 Å². The molecule has 0 saturated heterocycles. The van der Waals surface area contributed by atoms with Crippen molar-refractivity contribution in [3.05, 3.63) is 21.9 Å². The molecule has 0 unspecified atom stereocenters. The van der Waals surface area contributed by atoms with Gasteiger partial charge in [-0.15, -0.1) is 11.3 Å². The van der Waals surface area contributed by atoms with E-state index >= 15 is 0 Å². The van der Waals surface area contributed by atoms with Gasteiger partial charge >= 0.3 is 5.97 Å². The minimum Gasteiger partial charge on any atom is -0.478 e. The zero-order chi connectivity index (χ0) is 11.6. The van der Waals surface area contributed by atoms with E-state index in [-0.39, 0.29) is 12.1 Å². The maximum atomic E-state index is 10.7. The molecule has 2 rings (SSSR count). The van der Waals surface area contributed by atoms with Crippen molar-refractivity contribution in [1.29, 1.82) is 0 Å². The fourth-order valence-electron chi connectivity index (χ4n) is 1.85. The van der Waals surface area contributed by atoms with Gasteiger partial charge in [-0.1, -0.05) is 0 Å². The Bertz CT molecular complexity index is 379. The molecule has 1 aromatic rings. The minimum absolute atomic E-state index is 0.118. The summed E-state index contributed by atoms with van der Waals surface area (Å²) in [7, 11) is 0. The Morgan fingerprint density at radius 3 is 2.75 bits per heavy atom. The lowest BCUT2D eigenvalue weighted by Crippen LogP contribution is -2.53. The molecule has 0 aliphatic heterocycles. The maximum absolute atomic E-state index is 10.7. The number of aliphatic hydroxyl groups excluding tert-OH is 1. The van der Waals surface area contributed by atoms with Crippen molar-refractivity contribution in [1.82, 2.24) is 5.32 Å². The summed E-state index contributed by atoms with van der Waals surface area (Å²) in [4.78, 5) is 11.7. The highest BCUT2D eigenvalue weighted by Crippen LogP contribution is 2.31. The number of rotatable bonds is 5. The monoisotopic (exact) mass is 241 g/mol. The molecule has 0 radical (unpaired) electrons. The highest BCUT2D eigenvalue weighted by molar-refractivity contribution is 7.10. The summed E-state index contributed by atoms with van der Waals surface area (Å²) >= 11 is 1.44. The molecule has 0 atom stereocenters. The van der Waals surface area contributed by atoms with Gasteiger partial charge in [0.15, 0.2) is 0 Å². The van der Waals surface area contributed by atoms with Gasteiger partial charge < -0.3 is 15.5 Å². The molecule has 1 aliphatic rings. The topological polar surface area (TPSA) is 69.6 Å². The lowest BCUT2D eigenvalue weighted by molar-refractivity contribution is 0.0697. The SMILES string of the molecule is O=C(O)c1csc(CNC2(CO)CCC2)c1. The third kappa shape index (κ3) is 2.26. The number of carbonyl (C=O) groups is 1. The number of aliphatic hydroxyl groups is 1. The average Bonchev–Trinajstić information content (AvgIpc) is 2.65. The Morgan fingerprint density at radius 1 is 1.56 bits per heavy atom. The summed E-state index contributed by atoms with van der Waals surface area (Å²) in [6.45, 7) is 0.794. The number of nitrogens with one attached hydrogen (secondary N) is 1. The lowest BCUT2D eigenvalue weighted by Gasteiger charge is -2.41. The largest absolute Gasteiger partial charge is 0.478 e. The zero-order valence-corrected chi connectivity index (χ0v) is 9.72. The van der Waals surface area contributed by atoms with Crippen molar-refractivity contribution >= 4 is 17.3 Å². The first kappa shape index (κ1) is 11.6. The number of carboxylic acids is 1. The van der Waals surface area contributed by atoms with Gasteiger partial charge in [0.1, 0.15) is 0 Å². The molecule has 0 aromatic carbocycles. The van der Waals surface area contributed by atoms with Gasteiger partial charge in [-0.25, -0.2) is 4.79 Å². The number of carboxylic acid groups (broad SMARTS) is 1. The molecule has 4 nitrogen and oxygen atoms in total. The van der Waals surface area contributed by atoms with Crippen LogP contribution in [0, 0.1) is 0 Å². The summed E-state index contributed by atoms with van der Waals surface area (Å²) in [5.74, 6) is -0.886. The smallest absolute Gasteiger partial charge is 0.336 e. The summed E-state index contributed by atoms with van der Waals surface area (Å²) in [6.07, 6.45) is 3.15. The molecule has 1 heterocycles. The van der Waals surface area contributed by atoms with Gasteiger partial charge in [0.25, 0.3) is 0 Å². The van der Waals surface area contributed by atoms with E-state index in [0.717, 1.165) is 24.1 Å². The third-order valence-electron chi connectivity index (χ3n) is 3.15. The molecule has 3 N–H and O–H groups in total. The summed E-state index contributed by atoms with van der Waals surface area (Å²) in [5.41, 5.74) is 0.223. The van der Waals surface area contributed by atoms with Gasteiger partial charge in [0, 0.05) is 22.3 Å². The predicted octanol–water partition coefficient (Wildman–Crippen LogP) is 1.45. The molecule has 0 amide bonds. The van der Waals surface area contributed by atoms with E-state index in [1.165, 1.54) is 11.3 Å². The molecular formula is C11H15NO3S. The van der Waals surface area contributed by atoms with Crippen LogP contribution in [0.25, 0.3) is 0 Å². The summed E-state index contributed by atoms with van der Waals surface area (Å²) in [6, 6.07) is 1.68. The Morgan fingerprint density at radius 2 is 2.31 bits per heavy atom. The fourth-order valence-corrected chi connectivity index (χ4v) is 2.65. The van der Waals surface area contributed by atoms with Crippen LogP contribution >= 0.6 is 11.3 Å². The standard InChI is InChI=1S/C11H15NO3S/c13-7-11(2-1-3-11)12-5-9-4-8(6-16-9)10(14)15/h4,6,12-13H,1-3,5,7H2,(H,14,15). The van der Waals surface area contributed by atoms with E-state index in [0.29, 0.717) is 12.1 Å². The van der Waals surface area contributed by atoms with Crippen LogP contribution in [0.1, 0.15) is 34.5 Å². The fraction of sp³-hybridized carbons (Fsp3) is 0.545. The molecule has 1 fully saturated rings. The molecule has 5 heteroatoms. The van der Waals surface area contributed by atoms with Crippen molar-refractivity contribution in [3.63, 3.8) is 0 Å². The first-order chi connectivity index (χ1) is 7.65. The van der Waals surface area contributed by atoms with Crippen molar-refractivity contribution in [2.24, 2.45) is 0 Å². The summed E-state index contributed by atoms with van der Waals surface area (Å²) < 4.78 is 0. The molecule has 16 heavy (non-hydrogen) atoms. The zero-order valence-electron chi connectivity index (χ0n) is 8.90. The average molecular weight is 241 g/mol. The number of thiophene rings is 1. The van der Waals surface area contributed by atoms with Crippen LogP contribution in [0.15, 0.2) is 11.4 Å². The quantitative estimate of drug-likeness (QED) is 0.730. The van der Waals surface area contributed by atoms with Crippen molar-refractivity contribution < 1.29 is 15.0 Å². The molecule has 1 saturated carbocycles. The van der Waals surface area contributed by atoms with Crippen molar-refractivity contribution in [2.45, 2.75) is 31.3 Å². The first-order valence-corrected chi connectivity index (χ1v) is 6.20. The Labute approximate surface area is 97.9 Å². The van der Waals surface area contributed by atoms with Gasteiger partial charge in [0.2, 0.25) is 0 Å². The van der Waals surface area contributed by atoms with Gasteiger partial charge in [-0.2, -0.15) is 0 Å². The van der Waals surface area contributed by atoms with E-state index in [4.69, 9.17) is 5.11 Å². The van der Waals surface area contributed by atoms with Crippen LogP contribution in [0.4, 0.5) is 0 Å². The van der Waals surface area contributed by atoms with Crippen molar-refractivity contribution in [2.75, 3.05) is 6.61 Å².